The van der Waals surface area contributed by atoms with E-state index in [1.54, 1.807) is 6.07 Å². The third-order valence-corrected chi connectivity index (χ3v) is 4.52. The summed E-state index contributed by atoms with van der Waals surface area (Å²) in [6, 6.07) is 9.34. The molecule has 0 fully saturated rings. The normalized spacial score (nSPS) is 12.6. The first-order valence-electron chi connectivity index (χ1n) is 5.91. The lowest BCUT2D eigenvalue weighted by molar-refractivity contribution is 0.174. The Morgan fingerprint density at radius 1 is 1.15 bits per heavy atom. The minimum Gasteiger partial charge on any atom is -0.454 e. The topological polar surface area (TPSA) is 30.5 Å². The fourth-order valence-corrected chi connectivity index (χ4v) is 2.76. The van der Waals surface area contributed by atoms with Crippen LogP contribution in [0.3, 0.4) is 0 Å². The van der Waals surface area contributed by atoms with Crippen molar-refractivity contribution in [2.45, 2.75) is 6.54 Å². The fourth-order valence-electron chi connectivity index (χ4n) is 1.93. The van der Waals surface area contributed by atoms with Gasteiger partial charge >= 0.3 is 0 Å². The second kappa shape index (κ2) is 5.72. The molecule has 0 saturated carbocycles. The highest BCUT2D eigenvalue weighted by molar-refractivity contribution is 9.10. The first-order valence-corrected chi connectivity index (χ1v) is 7.46. The van der Waals surface area contributed by atoms with Crippen molar-refractivity contribution in [2.24, 2.45) is 0 Å². The van der Waals surface area contributed by atoms with Crippen molar-refractivity contribution in [1.29, 1.82) is 0 Å². The average molecular weight is 375 g/mol. The SMILES string of the molecule is Clc1cccc(NCc2cc3c(cc2Br)OCO3)c1Cl. The smallest absolute Gasteiger partial charge is 0.231 e. The molecule has 0 amide bonds. The third kappa shape index (κ3) is 2.68. The van der Waals surface area contributed by atoms with Crippen molar-refractivity contribution in [3.05, 3.63) is 50.4 Å². The van der Waals surface area contributed by atoms with E-state index in [0.29, 0.717) is 16.6 Å². The van der Waals surface area contributed by atoms with E-state index in [1.807, 2.05) is 24.3 Å². The van der Waals surface area contributed by atoms with Gasteiger partial charge in [-0.1, -0.05) is 45.2 Å². The summed E-state index contributed by atoms with van der Waals surface area (Å²) < 4.78 is 11.6. The van der Waals surface area contributed by atoms with Crippen molar-refractivity contribution < 1.29 is 9.47 Å². The number of rotatable bonds is 3. The predicted molar refractivity (Wildman–Crippen MR) is 84.1 cm³/mol. The van der Waals surface area contributed by atoms with Gasteiger partial charge in [-0.05, 0) is 29.8 Å². The van der Waals surface area contributed by atoms with Gasteiger partial charge in [-0.3, -0.25) is 0 Å². The molecule has 1 aliphatic rings. The first-order chi connectivity index (χ1) is 9.65. The molecule has 0 saturated heterocycles. The lowest BCUT2D eigenvalue weighted by atomic mass is 10.2. The monoisotopic (exact) mass is 373 g/mol. The number of nitrogens with one attached hydrogen (secondary N) is 1. The lowest BCUT2D eigenvalue weighted by Crippen LogP contribution is -2.01. The van der Waals surface area contributed by atoms with Gasteiger partial charge in [-0.25, -0.2) is 0 Å². The van der Waals surface area contributed by atoms with Crippen LogP contribution in [0.4, 0.5) is 5.69 Å². The second-order valence-corrected chi connectivity index (χ2v) is 5.89. The van der Waals surface area contributed by atoms with Gasteiger partial charge in [0.25, 0.3) is 0 Å². The van der Waals surface area contributed by atoms with Crippen LogP contribution in [0.25, 0.3) is 0 Å². The van der Waals surface area contributed by atoms with Crippen molar-refractivity contribution in [3.63, 3.8) is 0 Å². The Balaban J connectivity index is 1.80. The quantitative estimate of drug-likeness (QED) is 0.810. The summed E-state index contributed by atoms with van der Waals surface area (Å²) in [5.74, 6) is 1.50. The molecular weight excluding hydrogens is 365 g/mol. The molecule has 3 nitrogen and oxygen atoms in total. The molecule has 0 aromatic heterocycles. The maximum absolute atomic E-state index is 6.14. The molecule has 6 heteroatoms. The van der Waals surface area contributed by atoms with Crippen LogP contribution in [0, 0.1) is 0 Å². The van der Waals surface area contributed by atoms with Crippen LogP contribution in [-0.2, 0) is 6.54 Å². The molecule has 3 rings (SSSR count). The number of ether oxygens (including phenoxy) is 2. The summed E-state index contributed by atoms with van der Waals surface area (Å²) in [5.41, 5.74) is 1.84. The van der Waals surface area contributed by atoms with E-state index in [4.69, 9.17) is 32.7 Å². The highest BCUT2D eigenvalue weighted by Crippen LogP contribution is 2.37. The number of fused-ring (bicyclic) bond motifs is 1. The number of halogens is 3. The van der Waals surface area contributed by atoms with Crippen LogP contribution in [-0.4, -0.2) is 6.79 Å². The number of benzene rings is 2. The molecule has 0 atom stereocenters. The summed E-state index contributed by atoms with van der Waals surface area (Å²) in [7, 11) is 0. The first kappa shape index (κ1) is 13.9. The van der Waals surface area contributed by atoms with Gasteiger partial charge in [-0.2, -0.15) is 0 Å². The fraction of sp³-hybridized carbons (Fsp3) is 0.143. The number of hydrogen-bond donors (Lipinski definition) is 1. The van der Waals surface area contributed by atoms with Crippen LogP contribution >= 0.6 is 39.1 Å². The molecule has 1 aliphatic heterocycles. The zero-order chi connectivity index (χ0) is 14.1. The van der Waals surface area contributed by atoms with E-state index in [2.05, 4.69) is 21.2 Å². The zero-order valence-corrected chi connectivity index (χ0v) is 13.3. The summed E-state index contributed by atoms with van der Waals surface area (Å²) in [5, 5.41) is 4.31. The van der Waals surface area contributed by atoms with Crippen molar-refractivity contribution in [1.82, 2.24) is 0 Å². The largest absolute Gasteiger partial charge is 0.454 e. The molecule has 1 N–H and O–H groups in total. The van der Waals surface area contributed by atoms with E-state index < -0.39 is 0 Å². The summed E-state index contributed by atoms with van der Waals surface area (Å²) >= 11 is 15.6. The Bertz CT molecular complexity index is 664. The summed E-state index contributed by atoms with van der Waals surface area (Å²) in [6.45, 7) is 0.857. The number of hydrogen-bond acceptors (Lipinski definition) is 3. The Labute approximate surface area is 134 Å². The zero-order valence-electron chi connectivity index (χ0n) is 10.3. The highest BCUT2D eigenvalue weighted by Gasteiger charge is 2.16. The maximum atomic E-state index is 6.14. The molecular formula is C14H10BrCl2NO2. The Morgan fingerprint density at radius 3 is 2.70 bits per heavy atom. The van der Waals surface area contributed by atoms with Crippen molar-refractivity contribution >= 4 is 44.8 Å². The number of anilines is 1. The van der Waals surface area contributed by atoms with E-state index in [9.17, 15) is 0 Å². The van der Waals surface area contributed by atoms with Gasteiger partial charge in [-0.15, -0.1) is 0 Å². The van der Waals surface area contributed by atoms with Crippen LogP contribution in [0.1, 0.15) is 5.56 Å². The summed E-state index contributed by atoms with van der Waals surface area (Å²) in [6.07, 6.45) is 0. The maximum Gasteiger partial charge on any atom is 0.231 e. The molecule has 20 heavy (non-hydrogen) atoms. The van der Waals surface area contributed by atoms with Crippen molar-refractivity contribution in [2.75, 3.05) is 12.1 Å². The van der Waals surface area contributed by atoms with E-state index in [0.717, 1.165) is 27.2 Å². The second-order valence-electron chi connectivity index (χ2n) is 4.25. The Morgan fingerprint density at radius 2 is 1.90 bits per heavy atom. The molecule has 0 spiro atoms. The van der Waals surface area contributed by atoms with Gasteiger partial charge < -0.3 is 14.8 Å². The van der Waals surface area contributed by atoms with E-state index >= 15 is 0 Å². The van der Waals surface area contributed by atoms with Crippen LogP contribution in [0.15, 0.2) is 34.8 Å². The third-order valence-electron chi connectivity index (χ3n) is 2.96. The molecule has 2 aromatic rings. The predicted octanol–water partition coefficient (Wildman–Crippen LogP) is 5.10. The van der Waals surface area contributed by atoms with Gasteiger partial charge in [0.1, 0.15) is 0 Å². The Kier molecular flexibility index (Phi) is 3.96. The standard InChI is InChI=1S/C14H10BrCl2NO2/c15-9-5-13-12(19-7-20-13)4-8(9)6-18-11-3-1-2-10(16)14(11)17/h1-5,18H,6-7H2. The highest BCUT2D eigenvalue weighted by atomic mass is 79.9. The van der Waals surface area contributed by atoms with Gasteiger partial charge in [0.2, 0.25) is 6.79 Å². The summed E-state index contributed by atoms with van der Waals surface area (Å²) in [4.78, 5) is 0. The molecule has 104 valence electrons. The molecule has 0 bridgehead atoms. The van der Waals surface area contributed by atoms with Gasteiger partial charge in [0, 0.05) is 11.0 Å². The van der Waals surface area contributed by atoms with Crippen LogP contribution in [0.2, 0.25) is 10.0 Å². The van der Waals surface area contributed by atoms with E-state index in [1.165, 1.54) is 0 Å². The molecule has 2 aromatic carbocycles. The van der Waals surface area contributed by atoms with Crippen LogP contribution < -0.4 is 14.8 Å². The van der Waals surface area contributed by atoms with Gasteiger partial charge in [0.05, 0.1) is 15.7 Å². The Hall–Kier alpha value is -1.10. The van der Waals surface area contributed by atoms with Crippen LogP contribution in [0.5, 0.6) is 11.5 Å². The van der Waals surface area contributed by atoms with E-state index in [-0.39, 0.29) is 6.79 Å². The minimum atomic E-state index is 0.263. The molecule has 1 heterocycles. The molecule has 0 unspecified atom stereocenters. The average Bonchev–Trinajstić information content (AvgIpc) is 2.87. The lowest BCUT2D eigenvalue weighted by Gasteiger charge is -2.11. The van der Waals surface area contributed by atoms with Crippen molar-refractivity contribution in [3.8, 4) is 11.5 Å². The minimum absolute atomic E-state index is 0.263. The molecule has 0 radical (unpaired) electrons. The molecule has 0 aliphatic carbocycles. The van der Waals surface area contributed by atoms with Gasteiger partial charge in [0.15, 0.2) is 11.5 Å².